The van der Waals surface area contributed by atoms with Crippen molar-refractivity contribution in [1.29, 1.82) is 0 Å². The molecule has 0 amide bonds. The number of quaternary nitrogens is 2. The molecule has 16 heavy (non-hydrogen) atoms. The van der Waals surface area contributed by atoms with Gasteiger partial charge in [0.1, 0.15) is 18.4 Å². The van der Waals surface area contributed by atoms with Crippen LogP contribution in [-0.4, -0.2) is 54.9 Å². The molecule has 0 aromatic heterocycles. The molecule has 0 aliphatic rings. The third kappa shape index (κ3) is 6.98. The summed E-state index contributed by atoms with van der Waals surface area (Å²) in [6.45, 7) is -0.0742. The summed E-state index contributed by atoms with van der Waals surface area (Å²) in [6, 6.07) is -1.58. The molecule has 2 atom stereocenters. The summed E-state index contributed by atoms with van der Waals surface area (Å²) in [7, 11) is -2.96. The summed E-state index contributed by atoms with van der Waals surface area (Å²) in [4.78, 5) is 14.2. The van der Waals surface area contributed by atoms with Crippen LogP contribution < -0.4 is 11.5 Å². The van der Waals surface area contributed by atoms with Gasteiger partial charge in [-0.3, -0.25) is 5.26 Å². The van der Waals surface area contributed by atoms with Crippen molar-refractivity contribution < 1.29 is 39.9 Å². The van der Waals surface area contributed by atoms with Crippen molar-refractivity contribution in [2.75, 3.05) is 18.1 Å². The van der Waals surface area contributed by atoms with Crippen LogP contribution in [0.25, 0.3) is 0 Å². The Hall–Kier alpha value is -0.390. The van der Waals surface area contributed by atoms with E-state index >= 15 is 0 Å². The van der Waals surface area contributed by atoms with Gasteiger partial charge in [0, 0.05) is 0 Å². The zero-order valence-corrected chi connectivity index (χ0v) is 10.2. The number of carbonyl (C=O) groups is 1. The van der Waals surface area contributed by atoms with E-state index in [4.69, 9.17) is 10.4 Å². The van der Waals surface area contributed by atoms with E-state index in [0.717, 1.165) is 0 Å². The molecule has 0 rings (SSSR count). The lowest BCUT2D eigenvalue weighted by Gasteiger charge is -2.07. The van der Waals surface area contributed by atoms with Gasteiger partial charge in [0.05, 0.1) is 5.75 Å². The number of carboxylic acids is 1. The molecular formula is C6H16N2O6S2+2. The van der Waals surface area contributed by atoms with Crippen molar-refractivity contribution in [3.05, 3.63) is 0 Å². The van der Waals surface area contributed by atoms with E-state index in [9.17, 15) is 13.2 Å². The molecule has 0 radical (unpaired) electrons. The Labute approximate surface area is 96.2 Å². The Morgan fingerprint density at radius 2 is 2.00 bits per heavy atom. The molecule has 2 unspecified atom stereocenters. The standard InChI is InChI=1S/C6H14N2O6S2/c7-4(1-14-11)2-15-16(12,13)3-5(8)6(9)10/h4-5,11H,1-3,7-8H2,(H,9,10)/p+2. The van der Waals surface area contributed by atoms with Crippen molar-refractivity contribution in [2.24, 2.45) is 0 Å². The fraction of sp³-hybridized carbons (Fsp3) is 0.833. The first-order chi connectivity index (χ1) is 7.28. The SMILES string of the molecule is [NH3+]C(COO)CSS(=O)(=O)CC([NH3+])C(=O)O. The molecule has 0 fully saturated rings. The van der Waals surface area contributed by atoms with E-state index in [0.29, 0.717) is 10.8 Å². The smallest absolute Gasteiger partial charge is 0.363 e. The number of hydrogen-bond acceptors (Lipinski definition) is 6. The van der Waals surface area contributed by atoms with E-state index in [1.54, 1.807) is 0 Å². The molecule has 0 aromatic carbocycles. The third-order valence-corrected chi connectivity index (χ3v) is 5.22. The second-order valence-electron chi connectivity index (χ2n) is 3.21. The molecule has 0 aromatic rings. The van der Waals surface area contributed by atoms with Crippen LogP contribution in [0, 0.1) is 0 Å². The quantitative estimate of drug-likeness (QED) is 0.207. The van der Waals surface area contributed by atoms with Gasteiger partial charge in [0.2, 0.25) is 8.87 Å². The number of carboxylic acid groups (broad SMARTS) is 1. The van der Waals surface area contributed by atoms with E-state index in [1.165, 1.54) is 0 Å². The van der Waals surface area contributed by atoms with Gasteiger partial charge in [-0.1, -0.05) is 0 Å². The van der Waals surface area contributed by atoms with Crippen LogP contribution in [0.2, 0.25) is 0 Å². The molecule has 8 nitrogen and oxygen atoms in total. The minimum atomic E-state index is -3.54. The highest BCUT2D eigenvalue weighted by atomic mass is 33.1. The summed E-state index contributed by atoms with van der Waals surface area (Å²) in [5, 5.41) is 16.6. The Balaban J connectivity index is 4.11. The van der Waals surface area contributed by atoms with Gasteiger partial charge >= 0.3 is 5.97 Å². The van der Waals surface area contributed by atoms with Crippen LogP contribution >= 0.6 is 10.8 Å². The fourth-order valence-corrected chi connectivity index (χ4v) is 3.93. The Kier molecular flexibility index (Phi) is 6.87. The largest absolute Gasteiger partial charge is 0.477 e. The highest BCUT2D eigenvalue weighted by molar-refractivity contribution is 8.72. The van der Waals surface area contributed by atoms with E-state index in [1.807, 2.05) is 0 Å². The number of rotatable bonds is 8. The highest BCUT2D eigenvalue weighted by Crippen LogP contribution is 2.14. The van der Waals surface area contributed by atoms with Gasteiger partial charge < -0.3 is 16.6 Å². The highest BCUT2D eigenvalue weighted by Gasteiger charge is 2.26. The molecule has 0 spiro atoms. The van der Waals surface area contributed by atoms with Gasteiger partial charge in [-0.05, 0) is 10.8 Å². The maximum Gasteiger partial charge on any atom is 0.363 e. The van der Waals surface area contributed by atoms with E-state index < -0.39 is 32.7 Å². The van der Waals surface area contributed by atoms with Crippen molar-refractivity contribution in [3.63, 3.8) is 0 Å². The summed E-state index contributed by atoms with van der Waals surface area (Å²) in [5.41, 5.74) is 6.76. The van der Waals surface area contributed by atoms with Crippen LogP contribution in [0.1, 0.15) is 0 Å². The van der Waals surface area contributed by atoms with Gasteiger partial charge in [-0.25, -0.2) is 18.1 Å². The predicted octanol–water partition coefficient (Wildman–Crippen LogP) is -3.16. The van der Waals surface area contributed by atoms with Crippen molar-refractivity contribution >= 4 is 25.6 Å². The zero-order chi connectivity index (χ0) is 12.8. The van der Waals surface area contributed by atoms with Crippen molar-refractivity contribution in [1.82, 2.24) is 0 Å². The van der Waals surface area contributed by atoms with Crippen LogP contribution in [0.15, 0.2) is 0 Å². The van der Waals surface area contributed by atoms with Gasteiger partial charge in [-0.15, -0.1) is 0 Å². The third-order valence-electron chi connectivity index (χ3n) is 1.55. The summed E-state index contributed by atoms with van der Waals surface area (Å²) in [6.07, 6.45) is 0. The average Bonchev–Trinajstić information content (AvgIpc) is 2.14. The molecule has 96 valence electrons. The lowest BCUT2D eigenvalue weighted by Crippen LogP contribution is -2.67. The molecule has 0 aliphatic heterocycles. The lowest BCUT2D eigenvalue weighted by atomic mass is 10.4. The topological polar surface area (TPSA) is 156 Å². The van der Waals surface area contributed by atoms with Crippen LogP contribution in [0.3, 0.4) is 0 Å². The average molecular weight is 276 g/mol. The first-order valence-corrected chi connectivity index (χ1v) is 7.46. The Bertz CT molecular complexity index is 319. The van der Waals surface area contributed by atoms with Crippen molar-refractivity contribution in [2.45, 2.75) is 12.1 Å². The van der Waals surface area contributed by atoms with Gasteiger partial charge in [0.15, 0.2) is 6.04 Å². The molecule has 10 heteroatoms. The van der Waals surface area contributed by atoms with Crippen LogP contribution in [0.5, 0.6) is 0 Å². The maximum absolute atomic E-state index is 11.4. The first kappa shape index (κ1) is 15.6. The van der Waals surface area contributed by atoms with Crippen molar-refractivity contribution in [3.8, 4) is 0 Å². The molecule has 0 heterocycles. The first-order valence-electron chi connectivity index (χ1n) is 4.31. The summed E-state index contributed by atoms with van der Waals surface area (Å²) >= 11 is 0. The van der Waals surface area contributed by atoms with E-state index in [-0.39, 0.29) is 12.4 Å². The van der Waals surface area contributed by atoms with Gasteiger partial charge in [-0.2, -0.15) is 0 Å². The van der Waals surface area contributed by atoms with E-state index in [2.05, 4.69) is 16.4 Å². The second kappa shape index (κ2) is 7.04. The summed E-state index contributed by atoms with van der Waals surface area (Å²) in [5.74, 6) is -1.66. The lowest BCUT2D eigenvalue weighted by molar-refractivity contribution is -0.436. The molecule has 0 saturated heterocycles. The maximum atomic E-state index is 11.4. The molecular weight excluding hydrogens is 260 g/mol. The second-order valence-corrected chi connectivity index (χ2v) is 7.45. The monoisotopic (exact) mass is 276 g/mol. The number of hydrogen-bond donors (Lipinski definition) is 4. The van der Waals surface area contributed by atoms with Crippen LogP contribution in [-0.2, 0) is 18.6 Å². The zero-order valence-electron chi connectivity index (χ0n) is 8.53. The predicted molar refractivity (Wildman–Crippen MR) is 55.8 cm³/mol. The Morgan fingerprint density at radius 3 is 2.44 bits per heavy atom. The molecule has 0 saturated carbocycles. The fourth-order valence-electron chi connectivity index (χ4n) is 0.719. The Morgan fingerprint density at radius 1 is 1.44 bits per heavy atom. The molecule has 0 bridgehead atoms. The minimum absolute atomic E-state index is 0.0742. The molecule has 0 aliphatic carbocycles. The minimum Gasteiger partial charge on any atom is -0.477 e. The van der Waals surface area contributed by atoms with Gasteiger partial charge in [0.25, 0.3) is 0 Å². The van der Waals surface area contributed by atoms with Crippen LogP contribution in [0.4, 0.5) is 0 Å². The summed E-state index contributed by atoms with van der Waals surface area (Å²) < 4.78 is 22.8. The molecule has 8 N–H and O–H groups in total. The normalized spacial score (nSPS) is 15.7. The number of aliphatic carboxylic acids is 1.